The second-order valence-corrected chi connectivity index (χ2v) is 8.82. The van der Waals surface area contributed by atoms with Crippen molar-refractivity contribution >= 4 is 43.6 Å². The van der Waals surface area contributed by atoms with Gasteiger partial charge in [0.15, 0.2) is 0 Å². The molecule has 2 heterocycles. The van der Waals surface area contributed by atoms with Crippen LogP contribution in [0.15, 0.2) is 109 Å². The van der Waals surface area contributed by atoms with Crippen molar-refractivity contribution in [3.63, 3.8) is 0 Å². The molecule has 0 saturated carbocycles. The molecule has 0 fully saturated rings. The van der Waals surface area contributed by atoms with Gasteiger partial charge in [-0.25, -0.2) is 0 Å². The summed E-state index contributed by atoms with van der Waals surface area (Å²) < 4.78 is 3.55. The zero-order chi connectivity index (χ0) is 22.8. The van der Waals surface area contributed by atoms with Crippen molar-refractivity contribution in [3.8, 4) is 22.3 Å². The second kappa shape index (κ2) is 6.90. The van der Waals surface area contributed by atoms with Gasteiger partial charge in [0, 0.05) is 21.5 Å². The minimum absolute atomic E-state index is 1.02. The molecule has 7 rings (SSSR count). The molecule has 7 aromatic rings. The molecule has 0 amide bonds. The normalized spacial score (nSPS) is 11.8. The van der Waals surface area contributed by atoms with Crippen molar-refractivity contribution in [2.75, 3.05) is 11.7 Å². The maximum Gasteiger partial charge on any atom is 0.0704 e. The lowest BCUT2D eigenvalue weighted by Crippen LogP contribution is -2.06. The van der Waals surface area contributed by atoms with Crippen molar-refractivity contribution in [2.45, 2.75) is 0 Å². The highest BCUT2D eigenvalue weighted by Crippen LogP contribution is 2.36. The van der Waals surface area contributed by atoms with E-state index in [2.05, 4.69) is 97.1 Å². The maximum absolute atomic E-state index is 6.49. The van der Waals surface area contributed by atoms with Crippen molar-refractivity contribution in [3.05, 3.63) is 109 Å². The van der Waals surface area contributed by atoms with Crippen LogP contribution in [-0.2, 0) is 0 Å². The van der Waals surface area contributed by atoms with Crippen molar-refractivity contribution in [2.24, 2.45) is 0 Å². The van der Waals surface area contributed by atoms with E-state index in [1.807, 2.05) is 12.1 Å². The van der Waals surface area contributed by atoms with E-state index < -0.39 is 0 Å². The molecule has 4 heteroatoms. The molecule has 0 spiro atoms. The van der Waals surface area contributed by atoms with Crippen LogP contribution in [-0.4, -0.2) is 9.35 Å². The first-order chi connectivity index (χ1) is 16.7. The van der Waals surface area contributed by atoms with Crippen LogP contribution >= 0.6 is 0 Å². The SMILES string of the molecule is Nn1c2ccccc2c2cc(-c3ccc4c(c3)c3cc(-c5ccccc5)ccc3n4N)ccc21. The number of hydrogen-bond acceptors (Lipinski definition) is 2. The van der Waals surface area contributed by atoms with Crippen LogP contribution in [0.4, 0.5) is 0 Å². The van der Waals surface area contributed by atoms with Gasteiger partial charge in [0.2, 0.25) is 0 Å². The predicted molar refractivity (Wildman–Crippen MR) is 144 cm³/mol. The van der Waals surface area contributed by atoms with Gasteiger partial charge in [-0.2, -0.15) is 0 Å². The van der Waals surface area contributed by atoms with Crippen molar-refractivity contribution < 1.29 is 0 Å². The van der Waals surface area contributed by atoms with E-state index in [1.54, 1.807) is 9.35 Å². The second-order valence-electron chi connectivity index (χ2n) is 8.82. The number of nitrogens with two attached hydrogens (primary N) is 2. The Kier molecular flexibility index (Phi) is 3.82. The van der Waals surface area contributed by atoms with Crippen LogP contribution in [0.5, 0.6) is 0 Å². The third-order valence-electron chi connectivity index (χ3n) is 6.95. The molecule has 0 aliphatic heterocycles. The molecular formula is C30H22N4. The van der Waals surface area contributed by atoms with Crippen LogP contribution < -0.4 is 11.7 Å². The standard InChI is InChI=1S/C30H22N4/c31-33-27-9-5-4-8-23(27)24-17-21(11-14-28(24)33)22-12-15-30-26(18-22)25-16-20(10-13-29(25)34(30)32)19-6-2-1-3-7-19/h1-18H,31-32H2. The quantitative estimate of drug-likeness (QED) is 0.296. The Labute approximate surface area is 196 Å². The highest BCUT2D eigenvalue weighted by molar-refractivity contribution is 6.12. The van der Waals surface area contributed by atoms with Crippen LogP contribution in [0.3, 0.4) is 0 Å². The number of hydrogen-bond donors (Lipinski definition) is 2. The number of aromatic nitrogens is 2. The fourth-order valence-electron chi connectivity index (χ4n) is 5.23. The van der Waals surface area contributed by atoms with Gasteiger partial charge in [0.1, 0.15) is 0 Å². The Bertz CT molecular complexity index is 1870. The molecule has 0 atom stereocenters. The molecule has 162 valence electrons. The van der Waals surface area contributed by atoms with E-state index >= 15 is 0 Å². The summed E-state index contributed by atoms with van der Waals surface area (Å²) in [5, 5.41) is 4.62. The van der Waals surface area contributed by atoms with E-state index in [-0.39, 0.29) is 0 Å². The van der Waals surface area contributed by atoms with Crippen LogP contribution in [0.1, 0.15) is 0 Å². The average Bonchev–Trinajstić information content (AvgIpc) is 3.35. The van der Waals surface area contributed by atoms with Crippen molar-refractivity contribution in [1.29, 1.82) is 0 Å². The molecule has 34 heavy (non-hydrogen) atoms. The molecule has 0 aliphatic rings. The Morgan fingerprint density at radius 2 is 0.765 bits per heavy atom. The van der Waals surface area contributed by atoms with Gasteiger partial charge in [-0.3, -0.25) is 9.35 Å². The summed E-state index contributed by atoms with van der Waals surface area (Å²) in [6.07, 6.45) is 0. The summed E-state index contributed by atoms with van der Waals surface area (Å²) in [6, 6.07) is 38.2. The van der Waals surface area contributed by atoms with Gasteiger partial charge in [0.05, 0.1) is 22.1 Å². The average molecular weight is 439 g/mol. The Balaban J connectivity index is 1.45. The van der Waals surface area contributed by atoms with E-state index in [4.69, 9.17) is 11.7 Å². The van der Waals surface area contributed by atoms with E-state index in [0.717, 1.165) is 54.7 Å². The zero-order valence-electron chi connectivity index (χ0n) is 18.4. The van der Waals surface area contributed by atoms with Gasteiger partial charge < -0.3 is 11.7 Å². The van der Waals surface area contributed by atoms with Gasteiger partial charge >= 0.3 is 0 Å². The first kappa shape index (κ1) is 18.8. The monoisotopic (exact) mass is 438 g/mol. The van der Waals surface area contributed by atoms with E-state index in [9.17, 15) is 0 Å². The highest BCUT2D eigenvalue weighted by Gasteiger charge is 2.13. The summed E-state index contributed by atoms with van der Waals surface area (Å²) in [5.74, 6) is 12.9. The van der Waals surface area contributed by atoms with E-state index in [0.29, 0.717) is 0 Å². The van der Waals surface area contributed by atoms with Gasteiger partial charge in [-0.05, 0) is 64.7 Å². The first-order valence-electron chi connectivity index (χ1n) is 11.4. The van der Waals surface area contributed by atoms with Crippen molar-refractivity contribution in [1.82, 2.24) is 9.35 Å². The summed E-state index contributed by atoms with van der Waals surface area (Å²) in [7, 11) is 0. The number of benzene rings is 5. The number of para-hydroxylation sites is 1. The third-order valence-corrected chi connectivity index (χ3v) is 6.95. The van der Waals surface area contributed by atoms with E-state index in [1.165, 1.54) is 11.1 Å². The molecule has 5 aromatic carbocycles. The number of rotatable bonds is 2. The number of nitrogens with zero attached hydrogens (tertiary/aromatic N) is 2. The van der Waals surface area contributed by atoms with Gasteiger partial charge in [0.25, 0.3) is 0 Å². The predicted octanol–water partition coefficient (Wildman–Crippen LogP) is 6.66. The fraction of sp³-hybridized carbons (Fsp3) is 0. The first-order valence-corrected chi connectivity index (χ1v) is 11.4. The smallest absolute Gasteiger partial charge is 0.0704 e. The molecule has 4 N–H and O–H groups in total. The molecule has 0 bridgehead atoms. The minimum atomic E-state index is 1.02. The molecule has 4 nitrogen and oxygen atoms in total. The molecular weight excluding hydrogens is 416 g/mol. The van der Waals surface area contributed by atoms with Gasteiger partial charge in [-0.15, -0.1) is 0 Å². The maximum atomic E-state index is 6.49. The number of nitrogen functional groups attached to an aromatic ring is 2. The molecule has 0 saturated heterocycles. The lowest BCUT2D eigenvalue weighted by atomic mass is 9.99. The summed E-state index contributed by atoms with van der Waals surface area (Å²) in [5.41, 5.74) is 8.79. The fourth-order valence-corrected chi connectivity index (χ4v) is 5.23. The Morgan fingerprint density at radius 3 is 1.32 bits per heavy atom. The lowest BCUT2D eigenvalue weighted by Gasteiger charge is -2.05. The molecule has 0 radical (unpaired) electrons. The summed E-state index contributed by atoms with van der Waals surface area (Å²) in [6.45, 7) is 0. The minimum Gasteiger partial charge on any atom is -0.339 e. The van der Waals surface area contributed by atoms with Crippen LogP contribution in [0, 0.1) is 0 Å². The Morgan fingerprint density at radius 1 is 0.353 bits per heavy atom. The summed E-state index contributed by atoms with van der Waals surface area (Å²) in [4.78, 5) is 0. The highest BCUT2D eigenvalue weighted by atomic mass is 15.3. The largest absolute Gasteiger partial charge is 0.339 e. The summed E-state index contributed by atoms with van der Waals surface area (Å²) >= 11 is 0. The van der Waals surface area contributed by atoms with Crippen LogP contribution in [0.25, 0.3) is 65.9 Å². The van der Waals surface area contributed by atoms with Crippen LogP contribution in [0.2, 0.25) is 0 Å². The third kappa shape index (κ3) is 2.60. The molecule has 2 aromatic heterocycles. The molecule has 0 unspecified atom stereocenters. The Hall–Kier alpha value is -4.70. The lowest BCUT2D eigenvalue weighted by molar-refractivity contribution is 1.12. The van der Waals surface area contributed by atoms with Gasteiger partial charge in [-0.1, -0.05) is 66.7 Å². The zero-order valence-corrected chi connectivity index (χ0v) is 18.4. The number of fused-ring (bicyclic) bond motifs is 6. The molecule has 0 aliphatic carbocycles. The topological polar surface area (TPSA) is 61.9 Å².